The van der Waals surface area contributed by atoms with Crippen molar-refractivity contribution in [2.24, 2.45) is 0 Å². The number of benzene rings is 1. The third kappa shape index (κ3) is 4.60. The van der Waals surface area contributed by atoms with Crippen LogP contribution in [0.25, 0.3) is 6.08 Å². The van der Waals surface area contributed by atoms with Crippen LogP contribution < -0.4 is 0 Å². The van der Waals surface area contributed by atoms with Gasteiger partial charge in [0, 0.05) is 6.08 Å². The van der Waals surface area contributed by atoms with Crippen molar-refractivity contribution >= 4 is 12.0 Å². The van der Waals surface area contributed by atoms with Crippen LogP contribution in [-0.4, -0.2) is 12.6 Å². The fourth-order valence-corrected chi connectivity index (χ4v) is 1.25. The van der Waals surface area contributed by atoms with E-state index in [0.717, 1.165) is 11.1 Å². The smallest absolute Gasteiger partial charge is 0.330 e. The molecule has 2 nitrogen and oxygen atoms in total. The van der Waals surface area contributed by atoms with Gasteiger partial charge in [-0.1, -0.05) is 48.1 Å². The summed E-state index contributed by atoms with van der Waals surface area (Å²) >= 11 is 0. The minimum atomic E-state index is -0.302. The topological polar surface area (TPSA) is 26.3 Å². The van der Waals surface area contributed by atoms with E-state index in [2.05, 4.69) is 0 Å². The quantitative estimate of drug-likeness (QED) is 0.439. The number of allylic oxidation sites excluding steroid dienone is 2. The first-order valence-corrected chi connectivity index (χ1v) is 5.30. The van der Waals surface area contributed by atoms with Gasteiger partial charge >= 0.3 is 5.97 Å². The van der Waals surface area contributed by atoms with Crippen molar-refractivity contribution in [3.05, 3.63) is 53.6 Å². The second-order valence-electron chi connectivity index (χ2n) is 3.38. The number of esters is 1. The minimum absolute atomic E-state index is 0.302. The molecule has 16 heavy (non-hydrogen) atoms. The molecule has 0 saturated heterocycles. The second-order valence-corrected chi connectivity index (χ2v) is 3.38. The number of ether oxygens (including phenoxy) is 1. The van der Waals surface area contributed by atoms with E-state index in [9.17, 15) is 4.79 Å². The number of carbonyl (C=O) groups excluding carboxylic acids is 1. The van der Waals surface area contributed by atoms with Gasteiger partial charge in [0.2, 0.25) is 0 Å². The number of hydrogen-bond acceptors (Lipinski definition) is 2. The zero-order valence-corrected chi connectivity index (χ0v) is 9.64. The molecule has 0 aliphatic carbocycles. The summed E-state index contributed by atoms with van der Waals surface area (Å²) < 4.78 is 4.79. The molecule has 0 N–H and O–H groups in total. The predicted octanol–water partition coefficient (Wildman–Crippen LogP) is 3.21. The van der Waals surface area contributed by atoms with Gasteiger partial charge in [-0.15, -0.1) is 0 Å². The minimum Gasteiger partial charge on any atom is -0.463 e. The van der Waals surface area contributed by atoms with Crippen LogP contribution in [0.3, 0.4) is 0 Å². The van der Waals surface area contributed by atoms with E-state index in [1.165, 1.54) is 6.08 Å². The lowest BCUT2D eigenvalue weighted by Crippen LogP contribution is -1.98. The predicted molar refractivity (Wildman–Crippen MR) is 65.9 cm³/mol. The Kier molecular flexibility index (Phi) is 5.06. The van der Waals surface area contributed by atoms with Gasteiger partial charge in [0.25, 0.3) is 0 Å². The SMILES string of the molecule is CCOC(=O)C=C/C(C)=C\c1ccccc1. The van der Waals surface area contributed by atoms with Crippen LogP contribution in [0.2, 0.25) is 0 Å². The molecule has 0 spiro atoms. The molecule has 0 bridgehead atoms. The molecule has 0 radical (unpaired) electrons. The molecule has 84 valence electrons. The Bertz CT molecular complexity index is 388. The molecular formula is C14H16O2. The Morgan fingerprint density at radius 3 is 2.56 bits per heavy atom. The van der Waals surface area contributed by atoms with E-state index in [1.807, 2.05) is 43.3 Å². The monoisotopic (exact) mass is 216 g/mol. The van der Waals surface area contributed by atoms with E-state index in [4.69, 9.17) is 4.74 Å². The largest absolute Gasteiger partial charge is 0.463 e. The van der Waals surface area contributed by atoms with Gasteiger partial charge in [-0.25, -0.2) is 4.79 Å². The van der Waals surface area contributed by atoms with Gasteiger partial charge in [0.05, 0.1) is 6.61 Å². The molecule has 1 aromatic carbocycles. The summed E-state index contributed by atoms with van der Waals surface area (Å²) in [7, 11) is 0. The van der Waals surface area contributed by atoms with Crippen molar-refractivity contribution in [2.75, 3.05) is 6.61 Å². The summed E-state index contributed by atoms with van der Waals surface area (Å²) in [5.41, 5.74) is 2.13. The van der Waals surface area contributed by atoms with E-state index >= 15 is 0 Å². The molecule has 0 aliphatic rings. The highest BCUT2D eigenvalue weighted by Gasteiger charge is 1.93. The molecule has 0 amide bonds. The van der Waals surface area contributed by atoms with Crippen molar-refractivity contribution < 1.29 is 9.53 Å². The fourth-order valence-electron chi connectivity index (χ4n) is 1.25. The Morgan fingerprint density at radius 2 is 1.94 bits per heavy atom. The molecular weight excluding hydrogens is 200 g/mol. The Balaban J connectivity index is 2.62. The third-order valence-corrected chi connectivity index (χ3v) is 1.96. The van der Waals surface area contributed by atoms with E-state index in [1.54, 1.807) is 13.0 Å². The number of rotatable bonds is 4. The van der Waals surface area contributed by atoms with Crippen molar-refractivity contribution in [1.29, 1.82) is 0 Å². The average molecular weight is 216 g/mol. The Morgan fingerprint density at radius 1 is 1.25 bits per heavy atom. The highest BCUT2D eigenvalue weighted by molar-refractivity contribution is 5.82. The average Bonchev–Trinajstić information content (AvgIpc) is 2.28. The van der Waals surface area contributed by atoms with Gasteiger partial charge in [0.15, 0.2) is 0 Å². The van der Waals surface area contributed by atoms with Crippen molar-refractivity contribution in [2.45, 2.75) is 13.8 Å². The van der Waals surface area contributed by atoms with Crippen LogP contribution in [0.15, 0.2) is 48.1 Å². The van der Waals surface area contributed by atoms with Crippen LogP contribution in [0, 0.1) is 0 Å². The van der Waals surface area contributed by atoms with Gasteiger partial charge in [-0.3, -0.25) is 0 Å². The lowest BCUT2D eigenvalue weighted by molar-refractivity contribution is -0.137. The molecule has 0 fully saturated rings. The maximum atomic E-state index is 11.1. The van der Waals surface area contributed by atoms with Crippen LogP contribution in [0.4, 0.5) is 0 Å². The zero-order valence-electron chi connectivity index (χ0n) is 9.64. The molecule has 0 saturated carbocycles. The lowest BCUT2D eigenvalue weighted by atomic mass is 10.1. The standard InChI is InChI=1S/C14H16O2/c1-3-16-14(15)10-9-12(2)11-13-7-5-4-6-8-13/h4-11H,3H2,1-2H3/b10-9?,12-11-. The van der Waals surface area contributed by atoms with Crippen LogP contribution in [-0.2, 0) is 9.53 Å². The van der Waals surface area contributed by atoms with Gasteiger partial charge in [-0.05, 0) is 19.4 Å². The highest BCUT2D eigenvalue weighted by Crippen LogP contribution is 2.06. The van der Waals surface area contributed by atoms with Gasteiger partial charge in [0.1, 0.15) is 0 Å². The summed E-state index contributed by atoms with van der Waals surface area (Å²) in [6.45, 7) is 4.14. The molecule has 0 atom stereocenters. The molecule has 0 heterocycles. The van der Waals surface area contributed by atoms with Crippen LogP contribution in [0.1, 0.15) is 19.4 Å². The van der Waals surface area contributed by atoms with E-state index in [0.29, 0.717) is 6.61 Å². The fraction of sp³-hybridized carbons (Fsp3) is 0.214. The summed E-state index contributed by atoms with van der Waals surface area (Å²) in [5, 5.41) is 0. The first-order valence-electron chi connectivity index (χ1n) is 5.30. The number of hydrogen-bond donors (Lipinski definition) is 0. The van der Waals surface area contributed by atoms with Crippen molar-refractivity contribution in [3.63, 3.8) is 0 Å². The van der Waals surface area contributed by atoms with Gasteiger partial charge < -0.3 is 4.74 Å². The summed E-state index contributed by atoms with van der Waals surface area (Å²) in [6, 6.07) is 9.97. The Labute approximate surface area is 96.2 Å². The van der Waals surface area contributed by atoms with Crippen molar-refractivity contribution in [3.8, 4) is 0 Å². The summed E-state index contributed by atoms with van der Waals surface area (Å²) in [6.07, 6.45) is 5.21. The van der Waals surface area contributed by atoms with Crippen LogP contribution >= 0.6 is 0 Å². The first-order chi connectivity index (χ1) is 7.72. The highest BCUT2D eigenvalue weighted by atomic mass is 16.5. The summed E-state index contributed by atoms with van der Waals surface area (Å²) in [4.78, 5) is 11.1. The molecule has 0 aromatic heterocycles. The number of carbonyl (C=O) groups is 1. The van der Waals surface area contributed by atoms with E-state index in [-0.39, 0.29) is 5.97 Å². The second kappa shape index (κ2) is 6.62. The zero-order chi connectivity index (χ0) is 11.8. The van der Waals surface area contributed by atoms with E-state index < -0.39 is 0 Å². The molecule has 1 rings (SSSR count). The molecule has 1 aromatic rings. The van der Waals surface area contributed by atoms with Gasteiger partial charge in [-0.2, -0.15) is 0 Å². The lowest BCUT2D eigenvalue weighted by Gasteiger charge is -1.96. The third-order valence-electron chi connectivity index (χ3n) is 1.96. The molecule has 2 heteroatoms. The molecule has 0 unspecified atom stereocenters. The molecule has 0 aliphatic heterocycles. The van der Waals surface area contributed by atoms with Crippen molar-refractivity contribution in [1.82, 2.24) is 0 Å². The Hall–Kier alpha value is -1.83. The normalized spacial score (nSPS) is 11.8. The maximum absolute atomic E-state index is 11.1. The van der Waals surface area contributed by atoms with Crippen LogP contribution in [0.5, 0.6) is 0 Å². The maximum Gasteiger partial charge on any atom is 0.330 e. The summed E-state index contributed by atoms with van der Waals surface area (Å²) in [5.74, 6) is -0.302. The first kappa shape index (κ1) is 12.2.